The Morgan fingerprint density at radius 1 is 0.136 bits per heavy atom. The van der Waals surface area contributed by atoms with Gasteiger partial charge in [0.1, 0.15) is 0 Å². The van der Waals surface area contributed by atoms with E-state index in [4.69, 9.17) is 0 Å². The molecule has 0 saturated heterocycles. The van der Waals surface area contributed by atoms with Crippen molar-refractivity contribution in [3.63, 3.8) is 0 Å². The van der Waals surface area contributed by atoms with Crippen LogP contribution >= 0.6 is 0 Å². The molecule has 20 aromatic rings. The van der Waals surface area contributed by atoms with E-state index in [-0.39, 0.29) is 0 Å². The van der Waals surface area contributed by atoms with E-state index in [2.05, 4.69) is 409 Å². The molecule has 4 nitrogen and oxygen atoms in total. The van der Waals surface area contributed by atoms with Crippen molar-refractivity contribution in [3.8, 4) is 89.5 Å². The summed E-state index contributed by atoms with van der Waals surface area (Å²) in [6, 6.07) is 135. The molecule has 0 saturated carbocycles. The average Bonchev–Trinajstić information content (AvgIpc) is 1.60. The first-order chi connectivity index (χ1) is 50.8. The van der Waals surface area contributed by atoms with Gasteiger partial charge >= 0.3 is 0 Å². The zero-order valence-corrected chi connectivity index (χ0v) is 57.5. The molecule has 0 spiro atoms. The van der Waals surface area contributed by atoms with Gasteiger partial charge in [-0.2, -0.15) is 0 Å². The van der Waals surface area contributed by atoms with Crippen LogP contribution in [0, 0.1) is 20.8 Å². The molecular formula is C99H70N4. The van der Waals surface area contributed by atoms with Crippen LogP contribution in [-0.2, 0) is 0 Å². The molecule has 20 rings (SSSR count). The molecular weight excluding hydrogens is 1250 g/mol. The van der Waals surface area contributed by atoms with E-state index < -0.39 is 0 Å². The molecule has 4 aromatic heterocycles. The summed E-state index contributed by atoms with van der Waals surface area (Å²) in [5, 5.41) is 10.1. The van der Waals surface area contributed by atoms with E-state index in [1.54, 1.807) is 0 Å². The molecule has 0 fully saturated rings. The van der Waals surface area contributed by atoms with Gasteiger partial charge in [-0.3, -0.25) is 0 Å². The molecule has 0 radical (unpaired) electrons. The van der Waals surface area contributed by atoms with Crippen LogP contribution < -0.4 is 0 Å². The summed E-state index contributed by atoms with van der Waals surface area (Å²) in [5.74, 6) is 0. The Morgan fingerprint density at radius 3 is 0.621 bits per heavy atom. The second kappa shape index (κ2) is 25.2. The fourth-order valence-corrected chi connectivity index (χ4v) is 15.9. The van der Waals surface area contributed by atoms with Crippen molar-refractivity contribution in [2.24, 2.45) is 0 Å². The lowest BCUT2D eigenvalue weighted by Gasteiger charge is -2.11. The smallest absolute Gasteiger partial charge is 0.0541 e. The monoisotopic (exact) mass is 1310 g/mol. The Bertz CT molecular complexity index is 6400. The van der Waals surface area contributed by atoms with E-state index in [1.807, 2.05) is 0 Å². The number of fused-ring (bicyclic) bond motifs is 12. The van der Waals surface area contributed by atoms with E-state index >= 15 is 0 Å². The quantitative estimate of drug-likeness (QED) is 0.130. The van der Waals surface area contributed by atoms with Crippen molar-refractivity contribution in [1.82, 2.24) is 18.3 Å². The van der Waals surface area contributed by atoms with Crippen LogP contribution in [0.5, 0.6) is 0 Å². The summed E-state index contributed by atoms with van der Waals surface area (Å²) in [7, 11) is 0. The second-order valence-electron chi connectivity index (χ2n) is 27.5. The average molecular weight is 1320 g/mol. The highest BCUT2D eigenvalue weighted by Gasteiger charge is 2.20. The molecule has 103 heavy (non-hydrogen) atoms. The SMILES string of the molecule is Cc1ccc(-c2ccc(-n3c4ccccc4c4cc(-c5ccc6c(c5)c5ccccc5n6-c5ccc(-c6ccc(C)cc6)cc5)ccc43)cc2)cc1.Cc1ccc2c(c1)c1cc(-c3ccc4c(c3)c3ccccc3n4-c3ccc(-c4ccccc4)cc3)ccc1n2-c1ccc(-c2ccccc2)cc1. The lowest BCUT2D eigenvalue weighted by molar-refractivity contribution is 1.18. The lowest BCUT2D eigenvalue weighted by Crippen LogP contribution is -1.94. The molecule has 0 aliphatic heterocycles. The molecule has 4 heteroatoms. The molecule has 4 heterocycles. The van der Waals surface area contributed by atoms with Gasteiger partial charge in [-0.1, -0.05) is 259 Å². The Hall–Kier alpha value is -13.3. The van der Waals surface area contributed by atoms with Gasteiger partial charge in [0.2, 0.25) is 0 Å². The van der Waals surface area contributed by atoms with Crippen molar-refractivity contribution < 1.29 is 0 Å². The number of aromatic nitrogens is 4. The van der Waals surface area contributed by atoms with Crippen molar-refractivity contribution in [3.05, 3.63) is 387 Å². The largest absolute Gasteiger partial charge is 0.309 e. The minimum atomic E-state index is 1.16. The minimum Gasteiger partial charge on any atom is -0.309 e. The highest BCUT2D eigenvalue weighted by atomic mass is 15.0. The van der Waals surface area contributed by atoms with Crippen LogP contribution in [0.3, 0.4) is 0 Å². The minimum absolute atomic E-state index is 1.16. The van der Waals surface area contributed by atoms with Gasteiger partial charge in [0.25, 0.3) is 0 Å². The van der Waals surface area contributed by atoms with E-state index in [0.29, 0.717) is 0 Å². The van der Waals surface area contributed by atoms with Gasteiger partial charge in [0.15, 0.2) is 0 Å². The third kappa shape index (κ3) is 10.8. The number of hydrogen-bond acceptors (Lipinski definition) is 0. The standard InChI is InChI=1S/C50H36N2.C49H34N2/c1-33-11-15-35(16-12-33)37-19-25-41(26-20-37)51-47-9-5-3-7-43(47)45-31-39(23-29-49(45)51)40-24-30-50-46(32-40)44-8-4-6-10-48(44)52(50)42-27-21-38(22-28-42)36-17-13-34(2)14-18-36;1-33-16-27-47-43(30-33)45-32-39(22-29-49(45)51(47)41-25-19-37(20-26-41)35-12-6-3-7-13-35)38-21-28-48-44(31-38)42-14-8-9-15-46(42)50(48)40-23-17-36(18-24-40)34-10-4-2-5-11-34/h3-32H,1-2H3;2-32H,1H3. The maximum absolute atomic E-state index is 2.41. The highest BCUT2D eigenvalue weighted by Crippen LogP contribution is 2.42. The van der Waals surface area contributed by atoms with Gasteiger partial charge in [-0.15, -0.1) is 0 Å². The second-order valence-corrected chi connectivity index (χ2v) is 27.5. The topological polar surface area (TPSA) is 19.7 Å². The van der Waals surface area contributed by atoms with E-state index in [0.717, 1.165) is 22.7 Å². The highest BCUT2D eigenvalue weighted by molar-refractivity contribution is 6.15. The Labute approximate surface area is 598 Å². The fraction of sp³-hybridized carbons (Fsp3) is 0.0303. The van der Waals surface area contributed by atoms with Gasteiger partial charge in [0.05, 0.1) is 44.1 Å². The number of benzene rings is 16. The third-order valence-electron chi connectivity index (χ3n) is 21.1. The summed E-state index contributed by atoms with van der Waals surface area (Å²) >= 11 is 0. The first-order valence-electron chi connectivity index (χ1n) is 35.6. The number of nitrogens with zero attached hydrogens (tertiary/aromatic N) is 4. The summed E-state index contributed by atoms with van der Waals surface area (Å²) in [5.41, 5.74) is 32.8. The van der Waals surface area contributed by atoms with Crippen LogP contribution in [-0.4, -0.2) is 18.3 Å². The van der Waals surface area contributed by atoms with Gasteiger partial charge in [-0.05, 0) is 215 Å². The van der Waals surface area contributed by atoms with Crippen molar-refractivity contribution in [2.45, 2.75) is 20.8 Å². The molecule has 0 unspecified atom stereocenters. The Balaban J connectivity index is 0.000000142. The number of para-hydroxylation sites is 3. The Kier molecular flexibility index (Phi) is 14.9. The predicted molar refractivity (Wildman–Crippen MR) is 437 cm³/mol. The van der Waals surface area contributed by atoms with Crippen LogP contribution in [0.15, 0.2) is 370 Å². The fourth-order valence-electron chi connectivity index (χ4n) is 15.9. The molecule has 0 aliphatic carbocycles. The van der Waals surface area contributed by atoms with Gasteiger partial charge < -0.3 is 18.3 Å². The lowest BCUT2D eigenvalue weighted by atomic mass is 10.00. The molecule has 0 amide bonds. The van der Waals surface area contributed by atoms with Crippen LogP contribution in [0.2, 0.25) is 0 Å². The molecule has 486 valence electrons. The maximum atomic E-state index is 2.41. The molecule has 0 atom stereocenters. The number of aryl methyl sites for hydroxylation is 3. The first-order valence-corrected chi connectivity index (χ1v) is 35.6. The first kappa shape index (κ1) is 60.9. The number of rotatable bonds is 10. The Morgan fingerprint density at radius 2 is 0.330 bits per heavy atom. The van der Waals surface area contributed by atoms with Crippen molar-refractivity contribution >= 4 is 87.2 Å². The van der Waals surface area contributed by atoms with E-state index in [1.165, 1.54) is 171 Å². The van der Waals surface area contributed by atoms with Crippen molar-refractivity contribution in [2.75, 3.05) is 0 Å². The summed E-state index contributed by atoms with van der Waals surface area (Å²) in [6.07, 6.45) is 0. The van der Waals surface area contributed by atoms with Crippen LogP contribution in [0.1, 0.15) is 16.7 Å². The normalized spacial score (nSPS) is 11.6. The summed E-state index contributed by atoms with van der Waals surface area (Å²) < 4.78 is 9.59. The summed E-state index contributed by atoms with van der Waals surface area (Å²) in [6.45, 7) is 6.44. The molecule has 0 aliphatic rings. The zero-order chi connectivity index (χ0) is 68.7. The summed E-state index contributed by atoms with van der Waals surface area (Å²) in [4.78, 5) is 0. The van der Waals surface area contributed by atoms with E-state index in [9.17, 15) is 0 Å². The van der Waals surface area contributed by atoms with Crippen LogP contribution in [0.25, 0.3) is 177 Å². The van der Waals surface area contributed by atoms with Crippen LogP contribution in [0.4, 0.5) is 0 Å². The van der Waals surface area contributed by atoms with Gasteiger partial charge in [-0.25, -0.2) is 0 Å². The molecule has 16 aromatic carbocycles. The molecule has 0 bridgehead atoms. The van der Waals surface area contributed by atoms with Gasteiger partial charge in [0, 0.05) is 65.8 Å². The molecule has 0 N–H and O–H groups in total. The number of hydrogen-bond donors (Lipinski definition) is 0. The van der Waals surface area contributed by atoms with Crippen molar-refractivity contribution in [1.29, 1.82) is 0 Å². The zero-order valence-electron chi connectivity index (χ0n) is 57.5. The maximum Gasteiger partial charge on any atom is 0.0541 e. The predicted octanol–water partition coefficient (Wildman–Crippen LogP) is 26.7. The third-order valence-corrected chi connectivity index (χ3v) is 21.1.